The molecule has 6 heteroatoms. The minimum absolute atomic E-state index is 0.0391. The summed E-state index contributed by atoms with van der Waals surface area (Å²) in [6.07, 6.45) is 6.90. The standard InChI is InChI=1S/C14H14Cl2O4/c1-3-7-19-12(17)10-5-6-14(16,9-11(10)15)13(18)20-8-4-2/h3-6,9-10H,1-2,7-8H2. The maximum Gasteiger partial charge on any atom is 0.335 e. The molecule has 0 amide bonds. The molecule has 0 aliphatic heterocycles. The molecule has 0 spiro atoms. The third-order valence-electron chi connectivity index (χ3n) is 2.42. The zero-order chi connectivity index (χ0) is 15.2. The molecule has 0 saturated heterocycles. The smallest absolute Gasteiger partial charge is 0.335 e. The number of halogens is 2. The van der Waals surface area contributed by atoms with Crippen molar-refractivity contribution in [2.45, 2.75) is 4.87 Å². The van der Waals surface area contributed by atoms with E-state index in [9.17, 15) is 9.59 Å². The molecule has 0 aromatic heterocycles. The molecule has 1 aliphatic rings. The van der Waals surface area contributed by atoms with Crippen molar-refractivity contribution in [2.75, 3.05) is 13.2 Å². The lowest BCUT2D eigenvalue weighted by molar-refractivity contribution is -0.145. The van der Waals surface area contributed by atoms with Crippen LogP contribution >= 0.6 is 23.2 Å². The van der Waals surface area contributed by atoms with Crippen LogP contribution in [-0.2, 0) is 19.1 Å². The summed E-state index contributed by atoms with van der Waals surface area (Å²) in [6, 6.07) is 0. The summed E-state index contributed by atoms with van der Waals surface area (Å²) in [5.41, 5.74) is 0. The molecule has 0 heterocycles. The van der Waals surface area contributed by atoms with Gasteiger partial charge >= 0.3 is 11.9 Å². The van der Waals surface area contributed by atoms with E-state index in [1.165, 1.54) is 30.4 Å². The topological polar surface area (TPSA) is 52.6 Å². The molecule has 0 radical (unpaired) electrons. The normalized spacial score (nSPS) is 24.5. The SMILES string of the molecule is C=CCOC(=O)C1C=CC(Cl)(C(=O)OCC=C)C=C1Cl. The van der Waals surface area contributed by atoms with Crippen LogP contribution in [0.4, 0.5) is 0 Å². The fourth-order valence-electron chi connectivity index (χ4n) is 1.46. The van der Waals surface area contributed by atoms with Crippen LogP contribution in [0.2, 0.25) is 0 Å². The Kier molecular flexibility index (Phi) is 6.05. The number of hydrogen-bond donors (Lipinski definition) is 0. The Morgan fingerprint density at radius 3 is 2.45 bits per heavy atom. The molecule has 0 bridgehead atoms. The minimum Gasteiger partial charge on any atom is -0.461 e. The van der Waals surface area contributed by atoms with Crippen molar-refractivity contribution in [2.24, 2.45) is 5.92 Å². The highest BCUT2D eigenvalue weighted by molar-refractivity contribution is 6.39. The number of ether oxygens (including phenoxy) is 2. The van der Waals surface area contributed by atoms with Crippen LogP contribution in [0.1, 0.15) is 0 Å². The molecule has 0 aromatic carbocycles. The summed E-state index contributed by atoms with van der Waals surface area (Å²) in [5, 5.41) is 0.104. The highest BCUT2D eigenvalue weighted by Gasteiger charge is 2.38. The maximum atomic E-state index is 11.8. The molecular formula is C14H14Cl2O4. The van der Waals surface area contributed by atoms with Gasteiger partial charge in [0.25, 0.3) is 0 Å². The van der Waals surface area contributed by atoms with Crippen LogP contribution in [-0.4, -0.2) is 30.0 Å². The zero-order valence-corrected chi connectivity index (χ0v) is 12.2. The van der Waals surface area contributed by atoms with Gasteiger partial charge in [-0.3, -0.25) is 4.79 Å². The summed E-state index contributed by atoms with van der Waals surface area (Å²) < 4.78 is 9.76. The van der Waals surface area contributed by atoms with Crippen molar-refractivity contribution >= 4 is 35.1 Å². The van der Waals surface area contributed by atoms with E-state index in [4.69, 9.17) is 32.7 Å². The summed E-state index contributed by atoms with van der Waals surface area (Å²) in [7, 11) is 0. The first-order valence-corrected chi connectivity index (χ1v) is 6.52. The Bertz CT molecular complexity index is 482. The number of alkyl halides is 1. The maximum absolute atomic E-state index is 11.8. The third-order valence-corrected chi connectivity index (χ3v) is 3.15. The fraction of sp³-hybridized carbons (Fsp3) is 0.286. The molecule has 0 aromatic rings. The van der Waals surface area contributed by atoms with Crippen LogP contribution in [0.3, 0.4) is 0 Å². The van der Waals surface area contributed by atoms with Gasteiger partial charge in [-0.2, -0.15) is 0 Å². The molecular weight excluding hydrogens is 303 g/mol. The minimum atomic E-state index is -1.52. The highest BCUT2D eigenvalue weighted by atomic mass is 35.5. The molecule has 4 nitrogen and oxygen atoms in total. The average molecular weight is 317 g/mol. The Balaban J connectivity index is 2.80. The van der Waals surface area contributed by atoms with Crippen molar-refractivity contribution in [3.05, 3.63) is 48.6 Å². The quantitative estimate of drug-likeness (QED) is 0.429. The van der Waals surface area contributed by atoms with Gasteiger partial charge in [-0.15, -0.1) is 0 Å². The summed E-state index contributed by atoms with van der Waals surface area (Å²) in [4.78, 5) is 22.0. The molecule has 0 fully saturated rings. The van der Waals surface area contributed by atoms with Crippen LogP contribution in [0, 0.1) is 5.92 Å². The van der Waals surface area contributed by atoms with Gasteiger partial charge in [0.15, 0.2) is 4.87 Å². The molecule has 2 unspecified atom stereocenters. The van der Waals surface area contributed by atoms with Crippen molar-refractivity contribution in [3.8, 4) is 0 Å². The molecule has 2 atom stereocenters. The predicted molar refractivity (Wildman–Crippen MR) is 77.5 cm³/mol. The van der Waals surface area contributed by atoms with E-state index >= 15 is 0 Å². The Morgan fingerprint density at radius 1 is 1.30 bits per heavy atom. The van der Waals surface area contributed by atoms with Crippen LogP contribution in [0.25, 0.3) is 0 Å². The average Bonchev–Trinajstić information content (AvgIpc) is 2.42. The third kappa shape index (κ3) is 3.99. The van der Waals surface area contributed by atoms with Gasteiger partial charge in [-0.05, 0) is 6.08 Å². The van der Waals surface area contributed by atoms with E-state index in [1.807, 2.05) is 0 Å². The highest BCUT2D eigenvalue weighted by Crippen LogP contribution is 2.33. The molecule has 1 aliphatic carbocycles. The second-order valence-corrected chi connectivity index (χ2v) is 5.00. The lowest BCUT2D eigenvalue weighted by Crippen LogP contribution is -2.34. The lowest BCUT2D eigenvalue weighted by atomic mass is 9.95. The Morgan fingerprint density at radius 2 is 1.90 bits per heavy atom. The van der Waals surface area contributed by atoms with Gasteiger partial charge in [0.05, 0.1) is 0 Å². The summed E-state index contributed by atoms with van der Waals surface area (Å²) >= 11 is 12.1. The number of hydrogen-bond acceptors (Lipinski definition) is 4. The van der Waals surface area contributed by atoms with E-state index in [1.54, 1.807) is 0 Å². The van der Waals surface area contributed by atoms with E-state index < -0.39 is 22.7 Å². The molecule has 108 valence electrons. The van der Waals surface area contributed by atoms with Crippen molar-refractivity contribution < 1.29 is 19.1 Å². The Hall–Kier alpha value is -1.52. The van der Waals surface area contributed by atoms with Gasteiger partial charge in [0.1, 0.15) is 19.1 Å². The number of rotatable bonds is 6. The number of carbonyl (C=O) groups excluding carboxylic acids is 2. The second kappa shape index (κ2) is 7.31. The van der Waals surface area contributed by atoms with E-state index in [0.717, 1.165) is 0 Å². The van der Waals surface area contributed by atoms with E-state index in [0.29, 0.717) is 0 Å². The first-order chi connectivity index (χ1) is 9.44. The summed E-state index contributed by atoms with van der Waals surface area (Å²) in [5.74, 6) is -2.01. The largest absolute Gasteiger partial charge is 0.461 e. The second-order valence-electron chi connectivity index (χ2n) is 3.94. The van der Waals surface area contributed by atoms with Crippen LogP contribution in [0.15, 0.2) is 48.6 Å². The lowest BCUT2D eigenvalue weighted by Gasteiger charge is -2.24. The van der Waals surface area contributed by atoms with Crippen molar-refractivity contribution in [1.82, 2.24) is 0 Å². The van der Waals surface area contributed by atoms with Gasteiger partial charge in [-0.1, -0.05) is 60.7 Å². The fourth-order valence-corrected chi connectivity index (χ4v) is 2.10. The van der Waals surface area contributed by atoms with Gasteiger partial charge in [0.2, 0.25) is 0 Å². The van der Waals surface area contributed by atoms with Gasteiger partial charge in [-0.25, -0.2) is 4.79 Å². The first-order valence-electron chi connectivity index (χ1n) is 5.76. The number of carbonyl (C=O) groups is 2. The first kappa shape index (κ1) is 16.5. The monoisotopic (exact) mass is 316 g/mol. The number of esters is 2. The molecule has 0 saturated carbocycles. The van der Waals surface area contributed by atoms with Crippen molar-refractivity contribution in [1.29, 1.82) is 0 Å². The van der Waals surface area contributed by atoms with Gasteiger partial charge in [0, 0.05) is 5.03 Å². The van der Waals surface area contributed by atoms with Crippen molar-refractivity contribution in [3.63, 3.8) is 0 Å². The van der Waals surface area contributed by atoms with Crippen LogP contribution < -0.4 is 0 Å². The van der Waals surface area contributed by atoms with E-state index in [-0.39, 0.29) is 18.2 Å². The zero-order valence-electron chi connectivity index (χ0n) is 10.7. The molecule has 20 heavy (non-hydrogen) atoms. The predicted octanol–water partition coefficient (Wildman–Crippen LogP) is 2.73. The molecule has 1 rings (SSSR count). The Labute approximate surface area is 127 Å². The molecule has 0 N–H and O–H groups in total. The summed E-state index contributed by atoms with van der Waals surface area (Å²) in [6.45, 7) is 6.99. The van der Waals surface area contributed by atoms with Gasteiger partial charge < -0.3 is 9.47 Å². The van der Waals surface area contributed by atoms with E-state index in [2.05, 4.69) is 13.2 Å². The van der Waals surface area contributed by atoms with Crippen LogP contribution in [0.5, 0.6) is 0 Å².